The maximum Gasteiger partial charge on any atom is 0.236 e. The predicted molar refractivity (Wildman–Crippen MR) is 115 cm³/mol. The average molecular weight is 422 g/mol. The number of anilines is 1. The molecule has 29 heavy (non-hydrogen) atoms. The van der Waals surface area contributed by atoms with E-state index in [4.69, 9.17) is 11.6 Å². The molecule has 0 aliphatic rings. The van der Waals surface area contributed by atoms with Crippen LogP contribution in [0.4, 0.5) is 5.82 Å². The molecule has 1 amide bonds. The zero-order valence-corrected chi connectivity index (χ0v) is 16.8. The number of hydrogen-bond acceptors (Lipinski definition) is 5. The Balaban J connectivity index is 1.60. The molecule has 0 radical (unpaired) electrons. The molecule has 8 heteroatoms. The summed E-state index contributed by atoms with van der Waals surface area (Å²) in [5, 5.41) is 12.7. The fraction of sp³-hybridized carbons (Fsp3) is 0.0476. The molecular weight excluding hydrogens is 406 g/mol. The normalized spacial score (nSPS) is 10.7. The van der Waals surface area contributed by atoms with Crippen molar-refractivity contribution in [1.82, 2.24) is 19.7 Å². The number of nitrogens with one attached hydrogen (secondary N) is 1. The van der Waals surface area contributed by atoms with E-state index in [0.29, 0.717) is 21.8 Å². The second-order valence-corrected chi connectivity index (χ2v) is 7.41. The van der Waals surface area contributed by atoms with Gasteiger partial charge >= 0.3 is 0 Å². The molecule has 2 aromatic heterocycles. The van der Waals surface area contributed by atoms with Crippen LogP contribution in [0.3, 0.4) is 0 Å². The summed E-state index contributed by atoms with van der Waals surface area (Å²) in [6, 6.07) is 22.6. The maximum atomic E-state index is 12.3. The third-order valence-electron chi connectivity index (χ3n) is 4.01. The Morgan fingerprint density at radius 1 is 0.966 bits per heavy atom. The van der Waals surface area contributed by atoms with E-state index in [0.717, 1.165) is 11.3 Å². The van der Waals surface area contributed by atoms with E-state index < -0.39 is 0 Å². The quantitative estimate of drug-likeness (QED) is 0.456. The summed E-state index contributed by atoms with van der Waals surface area (Å²) in [7, 11) is 0. The number of nitrogens with zero attached hydrogens (tertiary/aromatic N) is 4. The summed E-state index contributed by atoms with van der Waals surface area (Å²) in [6.45, 7) is 0. The third kappa shape index (κ3) is 4.64. The topological polar surface area (TPSA) is 72.7 Å². The first-order chi connectivity index (χ1) is 14.2. The molecule has 0 aliphatic carbocycles. The highest BCUT2D eigenvalue weighted by Crippen LogP contribution is 2.28. The van der Waals surface area contributed by atoms with Gasteiger partial charge < -0.3 is 5.32 Å². The van der Waals surface area contributed by atoms with E-state index in [-0.39, 0.29) is 11.7 Å². The third-order valence-corrected chi connectivity index (χ3v) is 5.20. The number of benzene rings is 2. The lowest BCUT2D eigenvalue weighted by molar-refractivity contribution is -0.113. The van der Waals surface area contributed by atoms with Crippen LogP contribution in [0.5, 0.6) is 0 Å². The van der Waals surface area contributed by atoms with Crippen molar-refractivity contribution in [3.63, 3.8) is 0 Å². The van der Waals surface area contributed by atoms with Gasteiger partial charge in [0.1, 0.15) is 5.82 Å². The van der Waals surface area contributed by atoms with Crippen molar-refractivity contribution >= 4 is 35.1 Å². The molecule has 0 fully saturated rings. The summed E-state index contributed by atoms with van der Waals surface area (Å²) in [6.07, 6.45) is 1.63. The Hall–Kier alpha value is -3.16. The van der Waals surface area contributed by atoms with Crippen molar-refractivity contribution < 1.29 is 4.79 Å². The number of carbonyl (C=O) groups excluding carboxylic acids is 1. The Bertz CT molecular complexity index is 1100. The Labute approximate surface area is 177 Å². The summed E-state index contributed by atoms with van der Waals surface area (Å²) in [5.41, 5.74) is 1.80. The molecule has 0 spiro atoms. The number of amides is 1. The van der Waals surface area contributed by atoms with E-state index >= 15 is 0 Å². The zero-order valence-electron chi connectivity index (χ0n) is 15.2. The molecule has 2 aromatic carbocycles. The number of para-hydroxylation sites is 1. The molecule has 0 saturated carbocycles. The van der Waals surface area contributed by atoms with Crippen LogP contribution >= 0.6 is 23.4 Å². The van der Waals surface area contributed by atoms with Crippen molar-refractivity contribution in [3.05, 3.63) is 84.0 Å². The minimum Gasteiger partial charge on any atom is -0.310 e. The minimum atomic E-state index is -0.163. The SMILES string of the molecule is O=C(CSc1nnc(-c2ccc(Cl)cc2)n1-c1ccccc1)Nc1ccccn1. The first kappa shape index (κ1) is 19.2. The highest BCUT2D eigenvalue weighted by atomic mass is 35.5. The molecule has 0 bridgehead atoms. The Morgan fingerprint density at radius 3 is 2.45 bits per heavy atom. The smallest absolute Gasteiger partial charge is 0.236 e. The van der Waals surface area contributed by atoms with Crippen LogP contribution in [0.15, 0.2) is 84.1 Å². The average Bonchev–Trinajstić information content (AvgIpc) is 3.18. The lowest BCUT2D eigenvalue weighted by Crippen LogP contribution is -2.15. The van der Waals surface area contributed by atoms with E-state index in [1.165, 1.54) is 11.8 Å². The number of halogens is 1. The largest absolute Gasteiger partial charge is 0.310 e. The molecule has 0 aliphatic heterocycles. The molecule has 0 saturated heterocycles. The van der Waals surface area contributed by atoms with Gasteiger partial charge in [-0.2, -0.15) is 0 Å². The lowest BCUT2D eigenvalue weighted by Gasteiger charge is -2.10. The van der Waals surface area contributed by atoms with Gasteiger partial charge in [-0.3, -0.25) is 9.36 Å². The van der Waals surface area contributed by atoms with Gasteiger partial charge in [-0.05, 0) is 48.5 Å². The molecule has 4 rings (SSSR count). The summed E-state index contributed by atoms with van der Waals surface area (Å²) < 4.78 is 1.93. The fourth-order valence-electron chi connectivity index (χ4n) is 2.70. The second-order valence-electron chi connectivity index (χ2n) is 6.04. The number of pyridine rings is 1. The van der Waals surface area contributed by atoms with Gasteiger partial charge in [-0.1, -0.05) is 47.6 Å². The molecule has 1 N–H and O–H groups in total. The highest BCUT2D eigenvalue weighted by molar-refractivity contribution is 7.99. The van der Waals surface area contributed by atoms with Gasteiger partial charge in [0.2, 0.25) is 5.91 Å². The van der Waals surface area contributed by atoms with Crippen LogP contribution in [-0.4, -0.2) is 31.4 Å². The van der Waals surface area contributed by atoms with E-state index in [9.17, 15) is 4.79 Å². The van der Waals surface area contributed by atoms with Gasteiger partial charge in [0.15, 0.2) is 11.0 Å². The number of rotatable bonds is 6. The van der Waals surface area contributed by atoms with Crippen molar-refractivity contribution in [2.45, 2.75) is 5.16 Å². The molecule has 2 heterocycles. The molecule has 6 nitrogen and oxygen atoms in total. The van der Waals surface area contributed by atoms with Crippen LogP contribution < -0.4 is 5.32 Å². The van der Waals surface area contributed by atoms with Gasteiger partial charge in [0.05, 0.1) is 5.75 Å². The summed E-state index contributed by atoms with van der Waals surface area (Å²) in [4.78, 5) is 16.4. The van der Waals surface area contributed by atoms with Crippen molar-refractivity contribution in [2.24, 2.45) is 0 Å². The molecule has 144 valence electrons. The second kappa shape index (κ2) is 8.89. The van der Waals surface area contributed by atoms with E-state index in [1.807, 2.05) is 65.2 Å². The van der Waals surface area contributed by atoms with Crippen LogP contribution in [-0.2, 0) is 4.79 Å². The number of aromatic nitrogens is 4. The fourth-order valence-corrected chi connectivity index (χ4v) is 3.58. The number of thioether (sulfide) groups is 1. The minimum absolute atomic E-state index is 0.163. The van der Waals surface area contributed by atoms with Crippen molar-refractivity contribution in [1.29, 1.82) is 0 Å². The molecule has 4 aromatic rings. The maximum absolute atomic E-state index is 12.3. The lowest BCUT2D eigenvalue weighted by atomic mass is 10.2. The molecule has 0 atom stereocenters. The van der Waals surface area contributed by atoms with Crippen LogP contribution in [0.1, 0.15) is 0 Å². The van der Waals surface area contributed by atoms with Gasteiger partial charge in [0.25, 0.3) is 0 Å². The number of hydrogen-bond donors (Lipinski definition) is 1. The van der Waals surface area contributed by atoms with E-state index in [2.05, 4.69) is 20.5 Å². The molecular formula is C21H16ClN5OS. The van der Waals surface area contributed by atoms with Crippen LogP contribution in [0, 0.1) is 0 Å². The Kier molecular flexibility index (Phi) is 5.88. The standard InChI is InChI=1S/C21H16ClN5OS/c22-16-11-9-15(10-12-16)20-25-26-21(27(20)17-6-2-1-3-7-17)29-14-19(28)24-18-8-4-5-13-23-18/h1-13H,14H2,(H,23,24,28). The van der Waals surface area contributed by atoms with Gasteiger partial charge in [0, 0.05) is 22.5 Å². The van der Waals surface area contributed by atoms with Crippen LogP contribution in [0.2, 0.25) is 5.02 Å². The summed E-state index contributed by atoms with van der Waals surface area (Å²) >= 11 is 7.33. The summed E-state index contributed by atoms with van der Waals surface area (Å²) in [5.74, 6) is 1.22. The Morgan fingerprint density at radius 2 is 1.72 bits per heavy atom. The van der Waals surface area contributed by atoms with Crippen LogP contribution in [0.25, 0.3) is 17.1 Å². The molecule has 0 unspecified atom stereocenters. The van der Waals surface area contributed by atoms with Crippen molar-refractivity contribution in [2.75, 3.05) is 11.1 Å². The zero-order chi connectivity index (χ0) is 20.1. The van der Waals surface area contributed by atoms with Gasteiger partial charge in [-0.15, -0.1) is 10.2 Å². The predicted octanol–water partition coefficient (Wildman–Crippen LogP) is 4.71. The van der Waals surface area contributed by atoms with Gasteiger partial charge in [-0.25, -0.2) is 4.98 Å². The first-order valence-corrected chi connectivity index (χ1v) is 10.2. The monoisotopic (exact) mass is 421 g/mol. The number of carbonyl (C=O) groups is 1. The van der Waals surface area contributed by atoms with Crippen molar-refractivity contribution in [3.8, 4) is 17.1 Å². The highest BCUT2D eigenvalue weighted by Gasteiger charge is 2.17. The van der Waals surface area contributed by atoms with E-state index in [1.54, 1.807) is 18.3 Å². The first-order valence-electron chi connectivity index (χ1n) is 8.81.